The molecule has 0 rings (SSSR count). The summed E-state index contributed by atoms with van der Waals surface area (Å²) < 4.78 is 0. The maximum Gasteiger partial charge on any atom is 1.00 e. The summed E-state index contributed by atoms with van der Waals surface area (Å²) in [5.74, 6) is -0.118. The number of carbonyl (C=O) groups excluding carboxylic acids is 1. The first-order valence-corrected chi connectivity index (χ1v) is 7.96. The minimum Gasteiger partial charge on any atom is -0.380 e. The third kappa shape index (κ3) is 16.9. The predicted molar refractivity (Wildman–Crippen MR) is 83.9 cm³/mol. The fourth-order valence-corrected chi connectivity index (χ4v) is 2.21. The van der Waals surface area contributed by atoms with Crippen LogP contribution in [0.15, 0.2) is 12.7 Å². The third-order valence-electron chi connectivity index (χ3n) is 3.44. The van der Waals surface area contributed by atoms with Crippen molar-refractivity contribution in [3.63, 3.8) is 0 Å². The van der Waals surface area contributed by atoms with Crippen molar-refractivity contribution >= 4 is 5.91 Å². The minimum absolute atomic E-state index is 0. The van der Waals surface area contributed by atoms with Gasteiger partial charge in [-0.25, -0.2) is 0 Å². The molecule has 3 heteroatoms. The van der Waals surface area contributed by atoms with Gasteiger partial charge in [0, 0.05) is 0 Å². The average Bonchev–Trinajstić information content (AvgIpc) is 2.40. The molecule has 20 heavy (non-hydrogen) atoms. The molecular formula is C17H32KNO. The zero-order valence-corrected chi connectivity index (χ0v) is 16.9. The Hall–Kier alpha value is 0.846. The molecule has 1 atom stereocenters. The van der Waals surface area contributed by atoms with Crippen LogP contribution in [0.4, 0.5) is 0 Å². The maximum absolute atomic E-state index is 11.0. The zero-order chi connectivity index (χ0) is 14.3. The molecule has 0 aliphatic carbocycles. The van der Waals surface area contributed by atoms with Gasteiger partial charge in [-0.2, -0.15) is 0 Å². The summed E-state index contributed by atoms with van der Waals surface area (Å²) in [6, 6.07) is 0.0274. The maximum atomic E-state index is 11.0. The summed E-state index contributed by atoms with van der Waals surface area (Å²) in [6.07, 6.45) is 15.7. The van der Waals surface area contributed by atoms with Crippen LogP contribution in [0.25, 0.3) is 0 Å². The van der Waals surface area contributed by atoms with Crippen LogP contribution in [-0.4, -0.2) is 11.9 Å². The average molecular weight is 306 g/mol. The Labute approximate surface area is 169 Å². The first-order valence-electron chi connectivity index (χ1n) is 7.96. The third-order valence-corrected chi connectivity index (χ3v) is 3.44. The SMILES string of the molecule is C=CC(=O)NC([CH2-])CCCCCCCCCCCC.[K+]. The van der Waals surface area contributed by atoms with Gasteiger partial charge in [0.2, 0.25) is 5.91 Å². The summed E-state index contributed by atoms with van der Waals surface area (Å²) in [5.41, 5.74) is 0. The Morgan fingerprint density at radius 3 is 1.95 bits per heavy atom. The van der Waals surface area contributed by atoms with Crippen molar-refractivity contribution in [2.75, 3.05) is 0 Å². The van der Waals surface area contributed by atoms with Crippen molar-refractivity contribution in [3.05, 3.63) is 19.6 Å². The molecule has 1 unspecified atom stereocenters. The summed E-state index contributed by atoms with van der Waals surface area (Å²) >= 11 is 0. The molecule has 0 fully saturated rings. The van der Waals surface area contributed by atoms with E-state index >= 15 is 0 Å². The summed E-state index contributed by atoms with van der Waals surface area (Å²) in [6.45, 7) is 9.61. The molecule has 0 aliphatic heterocycles. The molecule has 0 radical (unpaired) electrons. The van der Waals surface area contributed by atoms with Crippen molar-refractivity contribution < 1.29 is 56.2 Å². The van der Waals surface area contributed by atoms with Gasteiger partial charge in [0.05, 0.1) is 0 Å². The molecule has 0 aromatic heterocycles. The molecule has 1 N–H and O–H groups in total. The Bertz CT molecular complexity index is 231. The van der Waals surface area contributed by atoms with Crippen LogP contribution in [0.3, 0.4) is 0 Å². The zero-order valence-electron chi connectivity index (χ0n) is 13.8. The molecule has 0 saturated heterocycles. The monoisotopic (exact) mass is 305 g/mol. The summed E-state index contributed by atoms with van der Waals surface area (Å²) in [5, 5.41) is 2.79. The second-order valence-electron chi connectivity index (χ2n) is 5.38. The van der Waals surface area contributed by atoms with E-state index < -0.39 is 0 Å². The number of hydrogen-bond donors (Lipinski definition) is 1. The van der Waals surface area contributed by atoms with E-state index in [2.05, 4.69) is 25.7 Å². The Balaban J connectivity index is 0. The van der Waals surface area contributed by atoms with Gasteiger partial charge in [-0.1, -0.05) is 90.2 Å². The molecule has 0 aromatic carbocycles. The van der Waals surface area contributed by atoms with Crippen molar-refractivity contribution in [3.8, 4) is 0 Å². The van der Waals surface area contributed by atoms with Gasteiger partial charge in [-0.05, 0) is 6.08 Å². The van der Waals surface area contributed by atoms with Gasteiger partial charge in [0.25, 0.3) is 0 Å². The molecule has 0 aromatic rings. The first-order chi connectivity index (χ1) is 9.20. The number of hydrogen-bond acceptors (Lipinski definition) is 1. The van der Waals surface area contributed by atoms with Gasteiger partial charge in [0.1, 0.15) is 0 Å². The fourth-order valence-electron chi connectivity index (χ4n) is 2.21. The topological polar surface area (TPSA) is 29.1 Å². The summed E-state index contributed by atoms with van der Waals surface area (Å²) in [7, 11) is 0. The predicted octanol–water partition coefficient (Wildman–Crippen LogP) is 1.81. The standard InChI is InChI=1S/C17H32NO.K/c1-4-6-7-8-9-10-11-12-13-14-15-16(3)18-17(19)5-2;/h5,16H,2-4,6-15H2,1H3,(H,18,19);/q-1;+1. The van der Waals surface area contributed by atoms with E-state index in [1.54, 1.807) is 0 Å². The van der Waals surface area contributed by atoms with Gasteiger partial charge in [0.15, 0.2) is 0 Å². The van der Waals surface area contributed by atoms with Crippen LogP contribution >= 0.6 is 0 Å². The van der Waals surface area contributed by atoms with E-state index in [1.807, 2.05) is 0 Å². The van der Waals surface area contributed by atoms with Crippen LogP contribution in [0.2, 0.25) is 0 Å². The van der Waals surface area contributed by atoms with Crippen molar-refractivity contribution in [2.24, 2.45) is 0 Å². The van der Waals surface area contributed by atoms with E-state index in [4.69, 9.17) is 0 Å². The van der Waals surface area contributed by atoms with Crippen molar-refractivity contribution in [1.29, 1.82) is 0 Å². The molecular weight excluding hydrogens is 273 g/mol. The normalized spacial score (nSPS) is 11.5. The molecule has 0 saturated carbocycles. The number of nitrogens with one attached hydrogen (secondary N) is 1. The quantitative estimate of drug-likeness (QED) is 0.239. The van der Waals surface area contributed by atoms with Gasteiger partial charge in [-0.3, -0.25) is 4.79 Å². The number of rotatable bonds is 13. The largest absolute Gasteiger partial charge is 1.00 e. The van der Waals surface area contributed by atoms with E-state index in [1.165, 1.54) is 63.9 Å². The van der Waals surface area contributed by atoms with E-state index in [-0.39, 0.29) is 63.3 Å². The number of unbranched alkanes of at least 4 members (excludes halogenated alkanes) is 9. The first kappa shape index (κ1) is 23.1. The van der Waals surface area contributed by atoms with Crippen molar-refractivity contribution in [2.45, 2.75) is 83.6 Å². The fraction of sp³-hybridized carbons (Fsp3) is 0.765. The Morgan fingerprint density at radius 2 is 1.50 bits per heavy atom. The van der Waals surface area contributed by atoms with Crippen LogP contribution in [0.5, 0.6) is 0 Å². The van der Waals surface area contributed by atoms with Gasteiger partial charge < -0.3 is 12.2 Å². The molecule has 1 amide bonds. The molecule has 0 aliphatic rings. The second kappa shape index (κ2) is 17.9. The van der Waals surface area contributed by atoms with Crippen LogP contribution in [0, 0.1) is 6.92 Å². The van der Waals surface area contributed by atoms with Crippen LogP contribution in [-0.2, 0) is 4.79 Å². The molecule has 0 heterocycles. The van der Waals surface area contributed by atoms with E-state index in [0.717, 1.165) is 12.8 Å². The van der Waals surface area contributed by atoms with Crippen LogP contribution in [0.1, 0.15) is 77.6 Å². The Kier molecular flexibility index (Phi) is 20.7. The molecule has 2 nitrogen and oxygen atoms in total. The minimum atomic E-state index is -0.118. The van der Waals surface area contributed by atoms with Crippen LogP contribution < -0.4 is 56.7 Å². The number of carbonyl (C=O) groups is 1. The molecule has 0 bridgehead atoms. The van der Waals surface area contributed by atoms with Gasteiger partial charge in [-0.15, -0.1) is 0 Å². The molecule has 112 valence electrons. The second-order valence-corrected chi connectivity index (χ2v) is 5.38. The number of amides is 1. The van der Waals surface area contributed by atoms with E-state index in [0.29, 0.717) is 0 Å². The van der Waals surface area contributed by atoms with E-state index in [9.17, 15) is 4.79 Å². The molecule has 0 spiro atoms. The summed E-state index contributed by atoms with van der Waals surface area (Å²) in [4.78, 5) is 11.0. The smallest absolute Gasteiger partial charge is 0.380 e. The Morgan fingerprint density at radius 1 is 1.05 bits per heavy atom. The van der Waals surface area contributed by atoms with Gasteiger partial charge >= 0.3 is 51.4 Å². The van der Waals surface area contributed by atoms with Crippen molar-refractivity contribution in [1.82, 2.24) is 5.32 Å².